The molecule has 0 saturated carbocycles. The first-order valence-electron chi connectivity index (χ1n) is 7.00. The zero-order valence-electron chi connectivity index (χ0n) is 11.9. The Morgan fingerprint density at radius 1 is 1.24 bits per heavy atom. The van der Waals surface area contributed by atoms with E-state index in [2.05, 4.69) is 4.90 Å². The number of hydrogen-bond donors (Lipinski definition) is 0. The van der Waals surface area contributed by atoms with Crippen LogP contribution in [0.5, 0.6) is 0 Å². The molecule has 0 spiro atoms. The van der Waals surface area contributed by atoms with Crippen LogP contribution in [-0.2, 0) is 10.9 Å². The summed E-state index contributed by atoms with van der Waals surface area (Å²) in [5, 5.41) is 0. The Kier molecular flexibility index (Phi) is 5.22. The minimum atomic E-state index is -4.64. The van der Waals surface area contributed by atoms with Gasteiger partial charge in [0, 0.05) is 13.7 Å². The van der Waals surface area contributed by atoms with E-state index >= 15 is 0 Å². The molecule has 0 aliphatic carbocycles. The van der Waals surface area contributed by atoms with Gasteiger partial charge in [-0.2, -0.15) is 13.2 Å². The number of alkyl halides is 3. The minimum absolute atomic E-state index is 0.0916. The first-order valence-corrected chi connectivity index (χ1v) is 7.00. The van der Waals surface area contributed by atoms with E-state index in [1.54, 1.807) is 7.11 Å². The van der Waals surface area contributed by atoms with E-state index < -0.39 is 17.6 Å². The smallest absolute Gasteiger partial charge is 0.383 e. The van der Waals surface area contributed by atoms with Crippen LogP contribution in [-0.4, -0.2) is 38.3 Å². The molecule has 2 rings (SSSR count). The van der Waals surface area contributed by atoms with Crippen molar-refractivity contribution in [3.63, 3.8) is 0 Å². The van der Waals surface area contributed by atoms with Crippen LogP contribution in [0, 0.1) is 5.82 Å². The van der Waals surface area contributed by atoms with Crippen molar-refractivity contribution >= 4 is 0 Å². The zero-order valence-corrected chi connectivity index (χ0v) is 11.9. The first-order chi connectivity index (χ1) is 9.93. The first kappa shape index (κ1) is 16.2. The fraction of sp³-hybridized carbons (Fsp3) is 0.600. The molecule has 1 heterocycles. The second kappa shape index (κ2) is 6.75. The van der Waals surface area contributed by atoms with Crippen molar-refractivity contribution in [2.45, 2.75) is 24.9 Å². The number of piperidine rings is 1. The molecule has 2 nitrogen and oxygen atoms in total. The molecule has 0 N–H and O–H groups in total. The highest BCUT2D eigenvalue weighted by molar-refractivity contribution is 5.34. The van der Waals surface area contributed by atoms with E-state index in [1.165, 1.54) is 12.1 Å². The van der Waals surface area contributed by atoms with Crippen molar-refractivity contribution in [1.82, 2.24) is 4.90 Å². The number of rotatable bonds is 4. The second-order valence-corrected chi connectivity index (χ2v) is 5.31. The van der Waals surface area contributed by atoms with Gasteiger partial charge in [0.05, 0.1) is 12.2 Å². The number of likely N-dealkylation sites (tertiary alicyclic amines) is 1. The third-order valence-electron chi connectivity index (χ3n) is 3.97. The van der Waals surface area contributed by atoms with Gasteiger partial charge in [0.2, 0.25) is 0 Å². The maximum absolute atomic E-state index is 13.6. The van der Waals surface area contributed by atoms with Gasteiger partial charge in [-0.25, -0.2) is 4.39 Å². The van der Waals surface area contributed by atoms with Crippen LogP contribution in [0.3, 0.4) is 0 Å². The molecule has 0 radical (unpaired) electrons. The van der Waals surface area contributed by atoms with Crippen LogP contribution in [0.4, 0.5) is 17.6 Å². The van der Waals surface area contributed by atoms with Crippen molar-refractivity contribution in [3.8, 4) is 0 Å². The van der Waals surface area contributed by atoms with Gasteiger partial charge >= 0.3 is 6.18 Å². The summed E-state index contributed by atoms with van der Waals surface area (Å²) in [7, 11) is 1.62. The van der Waals surface area contributed by atoms with Gasteiger partial charge < -0.3 is 9.64 Å². The summed E-state index contributed by atoms with van der Waals surface area (Å²) in [5.41, 5.74) is -1.01. The average Bonchev–Trinajstić information content (AvgIpc) is 2.44. The Morgan fingerprint density at radius 2 is 1.90 bits per heavy atom. The van der Waals surface area contributed by atoms with Gasteiger partial charge in [0.25, 0.3) is 0 Å². The predicted molar refractivity (Wildman–Crippen MR) is 71.7 cm³/mol. The second-order valence-electron chi connectivity index (χ2n) is 5.31. The van der Waals surface area contributed by atoms with Crippen LogP contribution in [0.1, 0.15) is 29.9 Å². The molecule has 1 fully saturated rings. The summed E-state index contributed by atoms with van der Waals surface area (Å²) in [6.07, 6.45) is -3.43. The third-order valence-corrected chi connectivity index (χ3v) is 3.97. The van der Waals surface area contributed by atoms with E-state index in [-0.39, 0.29) is 11.5 Å². The molecular weight excluding hydrogens is 286 g/mol. The summed E-state index contributed by atoms with van der Waals surface area (Å²) in [6.45, 7) is 2.81. The summed E-state index contributed by atoms with van der Waals surface area (Å²) in [5.74, 6) is -1.42. The van der Waals surface area contributed by atoms with Crippen molar-refractivity contribution in [3.05, 3.63) is 35.1 Å². The summed E-state index contributed by atoms with van der Waals surface area (Å²) in [4.78, 5) is 2.16. The van der Waals surface area contributed by atoms with E-state index in [1.807, 2.05) is 0 Å². The lowest BCUT2D eigenvalue weighted by Crippen LogP contribution is -2.35. The van der Waals surface area contributed by atoms with E-state index in [0.29, 0.717) is 32.5 Å². The number of benzene rings is 1. The topological polar surface area (TPSA) is 12.5 Å². The number of methoxy groups -OCH3 is 1. The molecule has 21 heavy (non-hydrogen) atoms. The summed E-state index contributed by atoms with van der Waals surface area (Å²) < 4.78 is 57.7. The lowest BCUT2D eigenvalue weighted by atomic mass is 9.86. The number of nitrogens with zero attached hydrogens (tertiary/aromatic N) is 1. The quantitative estimate of drug-likeness (QED) is 0.787. The maximum Gasteiger partial charge on any atom is 0.419 e. The van der Waals surface area contributed by atoms with Gasteiger partial charge in [-0.1, -0.05) is 12.1 Å². The van der Waals surface area contributed by atoms with Crippen molar-refractivity contribution in [1.29, 1.82) is 0 Å². The SMILES string of the molecule is COCCN1CCC(c2cccc(F)c2C(F)(F)F)CC1. The molecule has 0 atom stereocenters. The van der Waals surface area contributed by atoms with Crippen LogP contribution < -0.4 is 0 Å². The number of ether oxygens (including phenoxy) is 1. The van der Waals surface area contributed by atoms with Crippen LogP contribution >= 0.6 is 0 Å². The van der Waals surface area contributed by atoms with Gasteiger partial charge in [-0.15, -0.1) is 0 Å². The molecule has 1 aliphatic rings. The molecular formula is C15H19F4NO. The Morgan fingerprint density at radius 3 is 2.48 bits per heavy atom. The highest BCUT2D eigenvalue weighted by Gasteiger charge is 2.38. The molecule has 1 aliphatic heterocycles. The Hall–Kier alpha value is -1.14. The predicted octanol–water partition coefficient (Wildman–Crippen LogP) is 3.67. The van der Waals surface area contributed by atoms with Crippen LogP contribution in [0.15, 0.2) is 18.2 Å². The standard InChI is InChI=1S/C15H19F4NO/c1-21-10-9-20-7-5-11(6-8-20)12-3-2-4-13(16)14(12)15(17,18)19/h2-4,11H,5-10H2,1H3. The largest absolute Gasteiger partial charge is 0.419 e. The summed E-state index contributed by atoms with van der Waals surface area (Å²) >= 11 is 0. The van der Waals surface area contributed by atoms with Crippen molar-refractivity contribution < 1.29 is 22.3 Å². The molecule has 1 saturated heterocycles. The minimum Gasteiger partial charge on any atom is -0.383 e. The average molecular weight is 305 g/mol. The lowest BCUT2D eigenvalue weighted by Gasteiger charge is -2.33. The van der Waals surface area contributed by atoms with Gasteiger partial charge in [-0.05, 0) is 43.5 Å². The molecule has 1 aromatic carbocycles. The fourth-order valence-electron chi connectivity index (χ4n) is 2.87. The lowest BCUT2D eigenvalue weighted by molar-refractivity contribution is -0.140. The highest BCUT2D eigenvalue weighted by atomic mass is 19.4. The Labute approximate surface area is 121 Å². The number of hydrogen-bond acceptors (Lipinski definition) is 2. The van der Waals surface area contributed by atoms with E-state index in [0.717, 1.165) is 12.6 Å². The van der Waals surface area contributed by atoms with E-state index in [4.69, 9.17) is 4.74 Å². The number of halogens is 4. The zero-order chi connectivity index (χ0) is 15.5. The van der Waals surface area contributed by atoms with Crippen molar-refractivity contribution in [2.24, 2.45) is 0 Å². The summed E-state index contributed by atoms with van der Waals surface area (Å²) in [6, 6.07) is 3.64. The maximum atomic E-state index is 13.6. The fourth-order valence-corrected chi connectivity index (χ4v) is 2.87. The molecule has 118 valence electrons. The van der Waals surface area contributed by atoms with Crippen LogP contribution in [0.25, 0.3) is 0 Å². The monoisotopic (exact) mass is 305 g/mol. The molecule has 0 bridgehead atoms. The highest BCUT2D eigenvalue weighted by Crippen LogP contribution is 2.40. The molecule has 0 amide bonds. The van der Waals surface area contributed by atoms with Gasteiger partial charge in [0.1, 0.15) is 5.82 Å². The van der Waals surface area contributed by atoms with Crippen LogP contribution in [0.2, 0.25) is 0 Å². The molecule has 1 aromatic rings. The molecule has 0 unspecified atom stereocenters. The van der Waals surface area contributed by atoms with E-state index in [9.17, 15) is 17.6 Å². The molecule has 6 heteroatoms. The van der Waals surface area contributed by atoms with Gasteiger partial charge in [-0.3, -0.25) is 0 Å². The van der Waals surface area contributed by atoms with Gasteiger partial charge in [0.15, 0.2) is 0 Å². The molecule has 0 aromatic heterocycles. The Bertz CT molecular complexity index is 467. The third kappa shape index (κ3) is 3.95. The normalized spacial score (nSPS) is 18.1. The van der Waals surface area contributed by atoms with Crippen molar-refractivity contribution in [2.75, 3.05) is 33.4 Å². The Balaban J connectivity index is 2.12.